The number of amides is 2. The summed E-state index contributed by atoms with van der Waals surface area (Å²) in [5.41, 5.74) is -0.680. The van der Waals surface area contributed by atoms with Crippen LogP contribution in [0, 0.1) is 17.8 Å². The van der Waals surface area contributed by atoms with Gasteiger partial charge in [0.2, 0.25) is 11.8 Å². The van der Waals surface area contributed by atoms with Gasteiger partial charge in [-0.15, -0.1) is 0 Å². The number of ether oxygens (including phenoxy) is 2. The predicted octanol–water partition coefficient (Wildman–Crippen LogP) is 3.00. The Balaban J connectivity index is 1.78. The van der Waals surface area contributed by atoms with Crippen LogP contribution >= 0.6 is 27.5 Å². The molecule has 3 heterocycles. The summed E-state index contributed by atoms with van der Waals surface area (Å²) in [5.74, 6) is -3.03. The SMILES string of the molecule is CCOC(=O)[C@H]1[C@@H]2OC3(CC2Br)C(C(=O)Nc2ccc(Cl)cc2)N([C@@H](CO)[C@@H](C)CC)C(=O)[C@H]13. The van der Waals surface area contributed by atoms with Crippen molar-refractivity contribution >= 4 is 51.0 Å². The Morgan fingerprint density at radius 1 is 1.35 bits per heavy atom. The number of aliphatic hydroxyl groups is 1. The number of fused-ring (bicyclic) bond motifs is 1. The molecular formula is C24H30BrClN2O6. The summed E-state index contributed by atoms with van der Waals surface area (Å²) in [6, 6.07) is 5.06. The lowest BCUT2D eigenvalue weighted by Crippen LogP contribution is -2.57. The zero-order chi connectivity index (χ0) is 24.8. The van der Waals surface area contributed by atoms with E-state index in [4.69, 9.17) is 21.1 Å². The van der Waals surface area contributed by atoms with E-state index >= 15 is 0 Å². The van der Waals surface area contributed by atoms with Crippen molar-refractivity contribution in [3.05, 3.63) is 29.3 Å². The van der Waals surface area contributed by atoms with Crippen molar-refractivity contribution in [3.8, 4) is 0 Å². The number of alkyl halides is 1. The van der Waals surface area contributed by atoms with Crippen molar-refractivity contribution in [1.82, 2.24) is 4.90 Å². The topological polar surface area (TPSA) is 105 Å². The number of carbonyl (C=O) groups is 3. The Kier molecular flexibility index (Phi) is 7.29. The maximum atomic E-state index is 13.9. The number of nitrogens with one attached hydrogen (secondary N) is 1. The third-order valence-electron chi connectivity index (χ3n) is 7.49. The number of benzene rings is 1. The summed E-state index contributed by atoms with van der Waals surface area (Å²) in [4.78, 5) is 41.9. The van der Waals surface area contributed by atoms with Crippen molar-refractivity contribution in [2.24, 2.45) is 17.8 Å². The fourth-order valence-electron chi connectivity index (χ4n) is 5.79. The van der Waals surface area contributed by atoms with Gasteiger partial charge in [0.05, 0.1) is 37.2 Å². The quantitative estimate of drug-likeness (QED) is 0.376. The standard InChI is InChI=1S/C24H30BrClN2O6/c1-4-12(3)16(11-29)28-20(21(30)27-14-8-6-13(26)7-9-14)24-10-15(25)19(34-24)17(18(24)22(28)31)23(32)33-5-2/h6-9,12,15-20,29H,4-5,10-11H2,1-3H3,(H,27,30)/t12-,15?,16-,17+,18-,19+,20?,24?/m0/s1. The van der Waals surface area contributed by atoms with Crippen LogP contribution in [-0.4, -0.2) is 69.6 Å². The molecule has 3 saturated heterocycles. The second kappa shape index (κ2) is 9.76. The van der Waals surface area contributed by atoms with Crippen LogP contribution in [0.25, 0.3) is 0 Å². The van der Waals surface area contributed by atoms with Crippen molar-refractivity contribution in [1.29, 1.82) is 0 Å². The predicted molar refractivity (Wildman–Crippen MR) is 130 cm³/mol. The third kappa shape index (κ3) is 3.94. The zero-order valence-electron chi connectivity index (χ0n) is 19.4. The van der Waals surface area contributed by atoms with Gasteiger partial charge in [0.15, 0.2) is 0 Å². The van der Waals surface area contributed by atoms with E-state index in [9.17, 15) is 19.5 Å². The Morgan fingerprint density at radius 2 is 2.03 bits per heavy atom. The van der Waals surface area contributed by atoms with Gasteiger partial charge >= 0.3 is 5.97 Å². The number of esters is 1. The fraction of sp³-hybridized carbons (Fsp3) is 0.625. The van der Waals surface area contributed by atoms with Crippen LogP contribution < -0.4 is 5.32 Å². The smallest absolute Gasteiger partial charge is 0.312 e. The van der Waals surface area contributed by atoms with Gasteiger partial charge in [-0.05, 0) is 43.5 Å². The van der Waals surface area contributed by atoms with Gasteiger partial charge in [-0.2, -0.15) is 0 Å². The number of aliphatic hydroxyl groups excluding tert-OH is 1. The van der Waals surface area contributed by atoms with Crippen LogP contribution in [0.1, 0.15) is 33.6 Å². The van der Waals surface area contributed by atoms with Gasteiger partial charge in [0.25, 0.3) is 0 Å². The van der Waals surface area contributed by atoms with E-state index in [1.807, 2.05) is 13.8 Å². The average Bonchev–Trinajstić information content (AvgIpc) is 3.39. The number of hydrogen-bond acceptors (Lipinski definition) is 6. The lowest BCUT2D eigenvalue weighted by Gasteiger charge is -2.38. The first-order valence-electron chi connectivity index (χ1n) is 11.7. The number of hydrogen-bond donors (Lipinski definition) is 2. The highest BCUT2D eigenvalue weighted by atomic mass is 79.9. The molecule has 10 heteroatoms. The van der Waals surface area contributed by atoms with E-state index in [1.54, 1.807) is 31.2 Å². The van der Waals surface area contributed by atoms with Crippen molar-refractivity contribution < 1.29 is 29.0 Å². The number of likely N-dealkylation sites (tertiary alicyclic amines) is 1. The molecule has 3 unspecified atom stereocenters. The lowest BCUT2D eigenvalue weighted by atomic mass is 9.70. The van der Waals surface area contributed by atoms with E-state index < -0.39 is 47.5 Å². The molecule has 0 aliphatic carbocycles. The second-order valence-electron chi connectivity index (χ2n) is 9.29. The van der Waals surface area contributed by atoms with Gasteiger partial charge in [-0.3, -0.25) is 14.4 Å². The summed E-state index contributed by atoms with van der Waals surface area (Å²) in [6.45, 7) is 5.48. The lowest BCUT2D eigenvalue weighted by molar-refractivity contribution is -0.155. The molecule has 186 valence electrons. The van der Waals surface area contributed by atoms with Crippen LogP contribution in [0.15, 0.2) is 24.3 Å². The Bertz CT molecular complexity index is 961. The van der Waals surface area contributed by atoms with Gasteiger partial charge in [-0.1, -0.05) is 47.8 Å². The van der Waals surface area contributed by atoms with Gasteiger partial charge < -0.3 is 24.8 Å². The highest BCUT2D eigenvalue weighted by Crippen LogP contribution is 2.60. The number of carbonyl (C=O) groups excluding carboxylic acids is 3. The normalized spacial score (nSPS) is 33.5. The monoisotopic (exact) mass is 556 g/mol. The Morgan fingerprint density at radius 3 is 2.62 bits per heavy atom. The summed E-state index contributed by atoms with van der Waals surface area (Å²) in [7, 11) is 0. The number of nitrogens with zero attached hydrogens (tertiary/aromatic N) is 1. The summed E-state index contributed by atoms with van der Waals surface area (Å²) in [6.07, 6.45) is 0.513. The summed E-state index contributed by atoms with van der Waals surface area (Å²) >= 11 is 9.59. The molecule has 0 aromatic heterocycles. The molecule has 1 aromatic carbocycles. The first-order chi connectivity index (χ1) is 16.2. The first kappa shape index (κ1) is 25.4. The van der Waals surface area contributed by atoms with Gasteiger partial charge in [0, 0.05) is 15.5 Å². The maximum Gasteiger partial charge on any atom is 0.312 e. The summed E-state index contributed by atoms with van der Waals surface area (Å²) < 4.78 is 11.7. The molecule has 3 aliphatic rings. The molecule has 8 nitrogen and oxygen atoms in total. The average molecular weight is 558 g/mol. The zero-order valence-corrected chi connectivity index (χ0v) is 21.7. The van der Waals surface area contributed by atoms with Crippen molar-refractivity contribution in [3.63, 3.8) is 0 Å². The molecular weight excluding hydrogens is 528 g/mol. The maximum absolute atomic E-state index is 13.9. The molecule has 2 N–H and O–H groups in total. The van der Waals surface area contributed by atoms with Crippen molar-refractivity contribution in [2.75, 3.05) is 18.5 Å². The largest absolute Gasteiger partial charge is 0.466 e. The molecule has 3 aliphatic heterocycles. The van der Waals surface area contributed by atoms with Gasteiger partial charge in [-0.25, -0.2) is 0 Å². The van der Waals surface area contributed by atoms with Crippen LogP contribution in [0.2, 0.25) is 5.02 Å². The van der Waals surface area contributed by atoms with E-state index in [-0.39, 0.29) is 29.9 Å². The van der Waals surface area contributed by atoms with E-state index in [1.165, 1.54) is 4.90 Å². The van der Waals surface area contributed by atoms with E-state index in [2.05, 4.69) is 21.2 Å². The number of rotatable bonds is 8. The molecule has 3 fully saturated rings. The molecule has 0 radical (unpaired) electrons. The molecule has 34 heavy (non-hydrogen) atoms. The van der Waals surface area contributed by atoms with Crippen molar-refractivity contribution in [2.45, 2.75) is 62.2 Å². The molecule has 1 aromatic rings. The minimum absolute atomic E-state index is 0.0759. The van der Waals surface area contributed by atoms with Crippen LogP contribution in [0.4, 0.5) is 5.69 Å². The van der Waals surface area contributed by atoms with Crippen LogP contribution in [0.5, 0.6) is 0 Å². The minimum Gasteiger partial charge on any atom is -0.466 e. The molecule has 2 bridgehead atoms. The van der Waals surface area contributed by atoms with E-state index in [0.29, 0.717) is 23.6 Å². The van der Waals surface area contributed by atoms with Gasteiger partial charge in [0.1, 0.15) is 11.6 Å². The highest BCUT2D eigenvalue weighted by Gasteiger charge is 2.77. The Hall–Kier alpha value is -1.68. The third-order valence-corrected chi connectivity index (χ3v) is 8.59. The molecule has 1 spiro atoms. The Labute approximate surface area is 212 Å². The molecule has 2 amide bonds. The first-order valence-corrected chi connectivity index (χ1v) is 13.0. The summed E-state index contributed by atoms with van der Waals surface area (Å²) in [5, 5.41) is 13.7. The fourth-order valence-corrected chi connectivity index (χ4v) is 6.86. The van der Waals surface area contributed by atoms with E-state index in [0.717, 1.165) is 0 Å². The molecule has 4 rings (SSSR count). The van der Waals surface area contributed by atoms with Crippen LogP contribution in [0.3, 0.4) is 0 Å². The second-order valence-corrected chi connectivity index (χ2v) is 10.9. The minimum atomic E-state index is -1.20. The van der Waals surface area contributed by atoms with Crippen LogP contribution in [-0.2, 0) is 23.9 Å². The molecule has 8 atom stereocenters. The highest BCUT2D eigenvalue weighted by molar-refractivity contribution is 9.09. The molecule has 0 saturated carbocycles. The number of halogens is 2. The number of anilines is 1.